The third kappa shape index (κ3) is 4.55. The van der Waals surface area contributed by atoms with Gasteiger partial charge in [0.15, 0.2) is 17.5 Å². The van der Waals surface area contributed by atoms with Gasteiger partial charge < -0.3 is 0 Å². The molecule has 2 aromatic heterocycles. The summed E-state index contributed by atoms with van der Waals surface area (Å²) in [6.45, 7) is 4.70. The average Bonchev–Trinajstić information content (AvgIpc) is 3.63. The van der Waals surface area contributed by atoms with Crippen LogP contribution in [0.5, 0.6) is 0 Å². The lowest BCUT2D eigenvalue weighted by Gasteiger charge is -2.21. The van der Waals surface area contributed by atoms with E-state index in [1.165, 1.54) is 37.6 Å². The lowest BCUT2D eigenvalue weighted by molar-refractivity contribution is 0.662. The summed E-state index contributed by atoms with van der Waals surface area (Å²) in [7, 11) is 0. The van der Waals surface area contributed by atoms with Crippen molar-refractivity contribution in [2.24, 2.45) is 0 Å². The van der Waals surface area contributed by atoms with Crippen molar-refractivity contribution in [3.63, 3.8) is 0 Å². The lowest BCUT2D eigenvalue weighted by Crippen LogP contribution is -2.14. The predicted molar refractivity (Wildman–Crippen MR) is 182 cm³/mol. The highest BCUT2D eigenvalue weighted by molar-refractivity contribution is 7.19. The maximum atomic E-state index is 4.95. The van der Waals surface area contributed by atoms with Crippen LogP contribution in [0.2, 0.25) is 0 Å². The van der Waals surface area contributed by atoms with E-state index in [0.29, 0.717) is 17.5 Å². The molecule has 1 aliphatic carbocycles. The molecule has 210 valence electrons. The van der Waals surface area contributed by atoms with Gasteiger partial charge in [-0.3, -0.25) is 0 Å². The average molecular weight is 584 g/mol. The van der Waals surface area contributed by atoms with Crippen LogP contribution in [-0.2, 0) is 5.41 Å². The summed E-state index contributed by atoms with van der Waals surface area (Å²) in [6, 6.07) is 48.8. The molecular weight excluding hydrogens is 555 g/mol. The highest BCUT2D eigenvalue weighted by Crippen LogP contribution is 2.54. The zero-order valence-electron chi connectivity index (χ0n) is 24.5. The van der Waals surface area contributed by atoms with Crippen LogP contribution in [0.4, 0.5) is 0 Å². The minimum absolute atomic E-state index is 0.0782. The number of thiophene rings is 1. The first-order valence-electron chi connectivity index (χ1n) is 14.9. The Labute approximate surface area is 261 Å². The zero-order valence-corrected chi connectivity index (χ0v) is 25.3. The molecule has 4 heteroatoms. The topological polar surface area (TPSA) is 38.7 Å². The molecule has 44 heavy (non-hydrogen) atoms. The van der Waals surface area contributed by atoms with Crippen molar-refractivity contribution in [1.82, 2.24) is 15.0 Å². The molecule has 0 saturated carbocycles. The van der Waals surface area contributed by atoms with Gasteiger partial charge in [-0.2, -0.15) is 0 Å². The van der Waals surface area contributed by atoms with Gasteiger partial charge in [0.25, 0.3) is 0 Å². The Morgan fingerprint density at radius 1 is 0.432 bits per heavy atom. The molecule has 0 aliphatic heterocycles. The third-order valence-electron chi connectivity index (χ3n) is 8.55. The summed E-state index contributed by atoms with van der Waals surface area (Å²) in [5.74, 6) is 2.00. The summed E-state index contributed by atoms with van der Waals surface area (Å²) in [5, 5.41) is 0. The fourth-order valence-electron chi connectivity index (χ4n) is 6.16. The summed E-state index contributed by atoms with van der Waals surface area (Å²) in [6.07, 6.45) is 0. The highest BCUT2D eigenvalue weighted by atomic mass is 32.1. The first-order chi connectivity index (χ1) is 21.5. The quantitative estimate of drug-likeness (QED) is 0.202. The second-order valence-electron chi connectivity index (χ2n) is 11.7. The van der Waals surface area contributed by atoms with Crippen LogP contribution in [0.1, 0.15) is 25.0 Å². The number of fused-ring (bicyclic) bond motifs is 3. The summed E-state index contributed by atoms with van der Waals surface area (Å²) >= 11 is 1.90. The number of aromatic nitrogens is 3. The molecule has 0 saturated heterocycles. The predicted octanol–water partition coefficient (Wildman–Crippen LogP) is 10.6. The normalized spacial score (nSPS) is 13.0. The van der Waals surface area contributed by atoms with Crippen LogP contribution in [0.25, 0.3) is 66.2 Å². The van der Waals surface area contributed by atoms with E-state index in [1.54, 1.807) is 0 Å². The number of hydrogen-bond acceptors (Lipinski definition) is 4. The van der Waals surface area contributed by atoms with Crippen molar-refractivity contribution < 1.29 is 0 Å². The molecule has 8 rings (SSSR count). The third-order valence-corrected chi connectivity index (χ3v) is 9.77. The minimum atomic E-state index is -0.0782. The molecule has 0 N–H and O–H groups in total. The number of rotatable bonds is 5. The molecule has 0 fully saturated rings. The van der Waals surface area contributed by atoms with Gasteiger partial charge in [0.2, 0.25) is 0 Å². The number of nitrogens with zero attached hydrogens (tertiary/aromatic N) is 3. The Kier molecular flexibility index (Phi) is 6.32. The Bertz CT molecular complexity index is 2070. The molecule has 7 aromatic rings. The molecule has 0 spiro atoms. The highest BCUT2D eigenvalue weighted by Gasteiger charge is 2.37. The van der Waals surface area contributed by atoms with Crippen molar-refractivity contribution in [1.29, 1.82) is 0 Å². The minimum Gasteiger partial charge on any atom is -0.208 e. The van der Waals surface area contributed by atoms with E-state index in [4.69, 9.17) is 15.0 Å². The molecule has 0 radical (unpaired) electrons. The number of benzene rings is 5. The Hall–Kier alpha value is -5.19. The van der Waals surface area contributed by atoms with Crippen LogP contribution >= 0.6 is 11.3 Å². The van der Waals surface area contributed by atoms with E-state index in [-0.39, 0.29) is 5.41 Å². The van der Waals surface area contributed by atoms with Crippen LogP contribution in [0.3, 0.4) is 0 Å². The monoisotopic (exact) mass is 583 g/mol. The van der Waals surface area contributed by atoms with Gasteiger partial charge in [0, 0.05) is 31.9 Å². The molecule has 2 heterocycles. The van der Waals surface area contributed by atoms with Crippen molar-refractivity contribution in [3.05, 3.63) is 151 Å². The Morgan fingerprint density at radius 2 is 0.932 bits per heavy atom. The molecule has 0 unspecified atom stereocenters. The van der Waals surface area contributed by atoms with Crippen molar-refractivity contribution >= 4 is 11.3 Å². The molecule has 3 nitrogen and oxygen atoms in total. The maximum Gasteiger partial charge on any atom is 0.164 e. The van der Waals surface area contributed by atoms with Crippen LogP contribution < -0.4 is 0 Å². The van der Waals surface area contributed by atoms with Gasteiger partial charge >= 0.3 is 0 Å². The Morgan fingerprint density at radius 3 is 1.55 bits per heavy atom. The Balaban J connectivity index is 1.20. The van der Waals surface area contributed by atoms with Gasteiger partial charge in [-0.15, -0.1) is 11.3 Å². The molecule has 1 aliphatic rings. The first kappa shape index (κ1) is 26.4. The van der Waals surface area contributed by atoms with Gasteiger partial charge in [0.05, 0.1) is 0 Å². The van der Waals surface area contributed by atoms with Crippen LogP contribution in [0, 0.1) is 0 Å². The maximum absolute atomic E-state index is 4.95. The van der Waals surface area contributed by atoms with Gasteiger partial charge in [-0.25, -0.2) is 15.0 Å². The zero-order chi connectivity index (χ0) is 29.7. The van der Waals surface area contributed by atoms with Crippen molar-refractivity contribution in [3.8, 4) is 66.2 Å². The van der Waals surface area contributed by atoms with Gasteiger partial charge in [-0.1, -0.05) is 135 Å². The molecular formula is C40H29N3S. The SMILES string of the molecule is CC1(C)c2cc(-c3cccc(-c4nc(-c5ccccc5)nc(-c5ccccc5)n4)c3)ccc2-c2sc(-c3ccccc3)cc21. The standard InChI is InChI=1S/C40H29N3S/c1-40(2)33-24-30(21-22-32(33)36-34(40)25-35(44-36)26-13-6-3-7-14-26)29-19-12-20-31(23-29)39-42-37(27-15-8-4-9-16-27)41-38(43-39)28-17-10-5-11-18-28/h3-25H,1-2H3. The van der Waals surface area contributed by atoms with E-state index in [9.17, 15) is 0 Å². The van der Waals surface area contributed by atoms with Crippen LogP contribution in [-0.4, -0.2) is 15.0 Å². The fraction of sp³-hybridized carbons (Fsp3) is 0.0750. The summed E-state index contributed by atoms with van der Waals surface area (Å²) < 4.78 is 0. The molecule has 5 aromatic carbocycles. The summed E-state index contributed by atoms with van der Waals surface area (Å²) in [5.41, 5.74) is 10.6. The van der Waals surface area contributed by atoms with Gasteiger partial charge in [0.1, 0.15) is 0 Å². The van der Waals surface area contributed by atoms with Crippen molar-refractivity contribution in [2.45, 2.75) is 19.3 Å². The van der Waals surface area contributed by atoms with Gasteiger partial charge in [-0.05, 0) is 51.6 Å². The molecule has 0 bridgehead atoms. The second-order valence-corrected chi connectivity index (χ2v) is 12.8. The molecule has 0 amide bonds. The molecule has 0 atom stereocenters. The van der Waals surface area contributed by atoms with E-state index < -0.39 is 0 Å². The van der Waals surface area contributed by atoms with Crippen molar-refractivity contribution in [2.75, 3.05) is 0 Å². The second kappa shape index (κ2) is 10.5. The van der Waals surface area contributed by atoms with Crippen LogP contribution in [0.15, 0.2) is 140 Å². The largest absolute Gasteiger partial charge is 0.208 e. The first-order valence-corrected chi connectivity index (χ1v) is 15.7. The lowest BCUT2D eigenvalue weighted by atomic mass is 9.81. The number of hydrogen-bond donors (Lipinski definition) is 0. The fourth-order valence-corrected chi connectivity index (χ4v) is 7.52. The van der Waals surface area contributed by atoms with E-state index in [2.05, 4.69) is 92.7 Å². The summed E-state index contributed by atoms with van der Waals surface area (Å²) in [4.78, 5) is 17.5. The van der Waals surface area contributed by atoms with E-state index >= 15 is 0 Å². The van der Waals surface area contributed by atoms with E-state index in [0.717, 1.165) is 22.3 Å². The van der Waals surface area contributed by atoms with E-state index in [1.807, 2.05) is 72.0 Å². The smallest absolute Gasteiger partial charge is 0.164 e.